The largest absolute Gasteiger partial charge is 0.399 e. The van der Waals surface area contributed by atoms with Crippen molar-refractivity contribution in [3.05, 3.63) is 45.1 Å². The molecule has 0 bridgehead atoms. The maximum absolute atomic E-state index is 5.71. The standard InChI is InChI=1S/C11H10BrNS2/c12-11-4-8(7-15-11)6-14-10-3-1-2-9(13)5-10/h1-5,7H,6,13H2. The van der Waals surface area contributed by atoms with Gasteiger partial charge in [-0.15, -0.1) is 23.1 Å². The minimum Gasteiger partial charge on any atom is -0.399 e. The van der Waals surface area contributed by atoms with Crippen molar-refractivity contribution in [3.63, 3.8) is 0 Å². The van der Waals surface area contributed by atoms with E-state index in [1.165, 1.54) is 14.2 Å². The SMILES string of the molecule is Nc1cccc(SCc2csc(Br)c2)c1. The van der Waals surface area contributed by atoms with E-state index in [0.717, 1.165) is 11.4 Å². The van der Waals surface area contributed by atoms with E-state index < -0.39 is 0 Å². The van der Waals surface area contributed by atoms with Gasteiger partial charge in [0.2, 0.25) is 0 Å². The van der Waals surface area contributed by atoms with Crippen LogP contribution in [0.3, 0.4) is 0 Å². The lowest BCUT2D eigenvalue weighted by molar-refractivity contribution is 1.41. The molecule has 0 amide bonds. The summed E-state index contributed by atoms with van der Waals surface area (Å²) in [5, 5.41) is 2.17. The van der Waals surface area contributed by atoms with Crippen molar-refractivity contribution in [3.8, 4) is 0 Å². The summed E-state index contributed by atoms with van der Waals surface area (Å²) in [6.07, 6.45) is 0. The van der Waals surface area contributed by atoms with Crippen LogP contribution in [0.1, 0.15) is 5.56 Å². The Morgan fingerprint density at radius 1 is 1.33 bits per heavy atom. The molecule has 2 N–H and O–H groups in total. The van der Waals surface area contributed by atoms with Gasteiger partial charge in [0.1, 0.15) is 0 Å². The molecule has 4 heteroatoms. The van der Waals surface area contributed by atoms with Crippen LogP contribution in [0, 0.1) is 0 Å². The molecule has 0 atom stereocenters. The highest BCUT2D eigenvalue weighted by Gasteiger charge is 1.99. The number of thioether (sulfide) groups is 1. The Kier molecular flexibility index (Phi) is 3.72. The van der Waals surface area contributed by atoms with Crippen molar-refractivity contribution in [2.24, 2.45) is 0 Å². The molecule has 0 fully saturated rings. The topological polar surface area (TPSA) is 26.0 Å². The smallest absolute Gasteiger partial charge is 0.0701 e. The van der Waals surface area contributed by atoms with Crippen LogP contribution in [0.4, 0.5) is 5.69 Å². The molecule has 1 aromatic heterocycles. The fraction of sp³-hybridized carbons (Fsp3) is 0.0909. The van der Waals surface area contributed by atoms with Gasteiger partial charge in [0, 0.05) is 16.3 Å². The molecule has 78 valence electrons. The first kappa shape index (κ1) is 11.0. The Bertz CT molecular complexity index is 453. The maximum atomic E-state index is 5.71. The number of hydrogen-bond donors (Lipinski definition) is 1. The molecule has 0 aliphatic carbocycles. The minimum absolute atomic E-state index is 0.825. The average Bonchev–Trinajstić information content (AvgIpc) is 2.62. The number of nitrogens with two attached hydrogens (primary N) is 1. The van der Waals surface area contributed by atoms with Crippen molar-refractivity contribution in [1.82, 2.24) is 0 Å². The van der Waals surface area contributed by atoms with Gasteiger partial charge in [-0.3, -0.25) is 0 Å². The average molecular weight is 300 g/mol. The van der Waals surface area contributed by atoms with Crippen molar-refractivity contribution in [2.45, 2.75) is 10.6 Å². The normalized spacial score (nSPS) is 10.5. The van der Waals surface area contributed by atoms with Crippen LogP contribution >= 0.6 is 39.0 Å². The minimum atomic E-state index is 0.825. The van der Waals surface area contributed by atoms with Gasteiger partial charge < -0.3 is 5.73 Å². The maximum Gasteiger partial charge on any atom is 0.0701 e. The van der Waals surface area contributed by atoms with E-state index in [0.29, 0.717) is 0 Å². The van der Waals surface area contributed by atoms with Crippen LogP contribution in [0.5, 0.6) is 0 Å². The first-order valence-electron chi connectivity index (χ1n) is 4.45. The second-order valence-corrected chi connectivity index (χ2v) is 6.46. The Morgan fingerprint density at radius 3 is 2.87 bits per heavy atom. The monoisotopic (exact) mass is 299 g/mol. The molecule has 0 saturated heterocycles. The molecule has 0 aliphatic rings. The third-order valence-corrected chi connectivity index (χ3v) is 4.50. The van der Waals surface area contributed by atoms with Crippen molar-refractivity contribution >= 4 is 44.7 Å². The molecule has 2 aromatic rings. The number of nitrogen functional groups attached to an aromatic ring is 1. The third kappa shape index (κ3) is 3.26. The van der Waals surface area contributed by atoms with Gasteiger partial charge in [-0.2, -0.15) is 0 Å². The van der Waals surface area contributed by atoms with Gasteiger partial charge in [-0.25, -0.2) is 0 Å². The Labute approximate surface area is 106 Å². The molecule has 1 heterocycles. The van der Waals surface area contributed by atoms with E-state index in [4.69, 9.17) is 5.73 Å². The lowest BCUT2D eigenvalue weighted by atomic mass is 10.3. The molecule has 1 aromatic carbocycles. The second-order valence-electron chi connectivity index (χ2n) is 3.12. The van der Waals surface area contributed by atoms with E-state index in [-0.39, 0.29) is 0 Å². The van der Waals surface area contributed by atoms with Gasteiger partial charge in [0.25, 0.3) is 0 Å². The van der Waals surface area contributed by atoms with Gasteiger partial charge in [-0.05, 0) is 51.1 Å². The number of hydrogen-bond acceptors (Lipinski definition) is 3. The highest BCUT2D eigenvalue weighted by Crippen LogP contribution is 2.28. The summed E-state index contributed by atoms with van der Waals surface area (Å²) in [6, 6.07) is 10.1. The molecule has 0 unspecified atom stereocenters. The highest BCUT2D eigenvalue weighted by molar-refractivity contribution is 9.11. The van der Waals surface area contributed by atoms with E-state index in [1.807, 2.05) is 18.2 Å². The molecule has 0 saturated carbocycles. The first-order valence-corrected chi connectivity index (χ1v) is 7.11. The summed E-state index contributed by atoms with van der Waals surface area (Å²) in [5.74, 6) is 0.992. The summed E-state index contributed by atoms with van der Waals surface area (Å²) in [7, 11) is 0. The number of rotatable bonds is 3. The van der Waals surface area contributed by atoms with Crippen LogP contribution in [0.2, 0.25) is 0 Å². The van der Waals surface area contributed by atoms with Gasteiger partial charge >= 0.3 is 0 Å². The van der Waals surface area contributed by atoms with E-state index >= 15 is 0 Å². The summed E-state index contributed by atoms with van der Waals surface area (Å²) in [4.78, 5) is 1.22. The number of halogens is 1. The van der Waals surface area contributed by atoms with E-state index in [2.05, 4.69) is 33.4 Å². The van der Waals surface area contributed by atoms with Gasteiger partial charge in [0.15, 0.2) is 0 Å². The Balaban J connectivity index is 1.99. The van der Waals surface area contributed by atoms with E-state index in [1.54, 1.807) is 23.1 Å². The fourth-order valence-corrected chi connectivity index (χ4v) is 3.40. The fourth-order valence-electron chi connectivity index (χ4n) is 1.19. The zero-order chi connectivity index (χ0) is 10.7. The zero-order valence-corrected chi connectivity index (χ0v) is 11.2. The van der Waals surface area contributed by atoms with Crippen LogP contribution in [-0.4, -0.2) is 0 Å². The van der Waals surface area contributed by atoms with Crippen molar-refractivity contribution < 1.29 is 0 Å². The van der Waals surface area contributed by atoms with Crippen LogP contribution in [0.15, 0.2) is 44.4 Å². The summed E-state index contributed by atoms with van der Waals surface area (Å²) >= 11 is 6.99. The van der Waals surface area contributed by atoms with Gasteiger partial charge in [0.05, 0.1) is 3.79 Å². The highest BCUT2D eigenvalue weighted by atomic mass is 79.9. The Hall–Kier alpha value is -0.450. The number of benzene rings is 1. The lowest BCUT2D eigenvalue weighted by Crippen LogP contribution is -1.83. The number of anilines is 1. The number of thiophene rings is 1. The molecule has 1 nitrogen and oxygen atoms in total. The molecule has 15 heavy (non-hydrogen) atoms. The molecule has 0 radical (unpaired) electrons. The molecule has 0 aliphatic heterocycles. The summed E-state index contributed by atoms with van der Waals surface area (Å²) < 4.78 is 1.19. The zero-order valence-electron chi connectivity index (χ0n) is 7.94. The third-order valence-electron chi connectivity index (χ3n) is 1.89. The van der Waals surface area contributed by atoms with Crippen LogP contribution in [0.25, 0.3) is 0 Å². The van der Waals surface area contributed by atoms with Crippen molar-refractivity contribution in [2.75, 3.05) is 5.73 Å². The van der Waals surface area contributed by atoms with Crippen LogP contribution in [-0.2, 0) is 5.75 Å². The Morgan fingerprint density at radius 2 is 2.20 bits per heavy atom. The molecule has 0 spiro atoms. The van der Waals surface area contributed by atoms with Gasteiger partial charge in [-0.1, -0.05) is 6.07 Å². The summed E-state index contributed by atoms with van der Waals surface area (Å²) in [6.45, 7) is 0. The molecule has 2 rings (SSSR count). The predicted molar refractivity (Wildman–Crippen MR) is 72.4 cm³/mol. The molecular weight excluding hydrogens is 290 g/mol. The van der Waals surface area contributed by atoms with E-state index in [9.17, 15) is 0 Å². The molecular formula is C11H10BrNS2. The first-order chi connectivity index (χ1) is 7.24. The summed E-state index contributed by atoms with van der Waals surface area (Å²) in [5.41, 5.74) is 7.88. The van der Waals surface area contributed by atoms with Crippen molar-refractivity contribution in [1.29, 1.82) is 0 Å². The lowest BCUT2D eigenvalue weighted by Gasteiger charge is -2.00. The van der Waals surface area contributed by atoms with Crippen LogP contribution < -0.4 is 5.73 Å². The second kappa shape index (κ2) is 5.05. The quantitative estimate of drug-likeness (QED) is 0.672. The predicted octanol–water partition coefficient (Wildman–Crippen LogP) is 4.39.